The maximum absolute atomic E-state index is 6.11. The van der Waals surface area contributed by atoms with Crippen LogP contribution in [0.25, 0.3) is 10.6 Å². The van der Waals surface area contributed by atoms with E-state index in [1.54, 1.807) is 11.3 Å². The van der Waals surface area contributed by atoms with Crippen molar-refractivity contribution in [2.75, 3.05) is 18.8 Å². The summed E-state index contributed by atoms with van der Waals surface area (Å²) in [7, 11) is 0. The van der Waals surface area contributed by atoms with Gasteiger partial charge in [-0.3, -0.25) is 0 Å². The molecule has 0 bridgehead atoms. The predicted molar refractivity (Wildman–Crippen MR) is 77.4 cm³/mol. The van der Waals surface area contributed by atoms with Crippen LogP contribution in [0.15, 0.2) is 12.4 Å². The first-order valence-electron chi connectivity index (χ1n) is 6.19. The summed E-state index contributed by atoms with van der Waals surface area (Å²) >= 11 is 7.76. The number of halogens is 1. The first-order valence-corrected chi connectivity index (χ1v) is 7.38. The van der Waals surface area contributed by atoms with Gasteiger partial charge in [-0.2, -0.15) is 0 Å². The number of anilines is 1. The van der Waals surface area contributed by atoms with Crippen molar-refractivity contribution in [2.45, 2.75) is 18.8 Å². The van der Waals surface area contributed by atoms with Gasteiger partial charge in [-0.25, -0.2) is 15.0 Å². The van der Waals surface area contributed by atoms with Crippen LogP contribution in [0.4, 0.5) is 5.95 Å². The summed E-state index contributed by atoms with van der Waals surface area (Å²) in [4.78, 5) is 13.5. The normalized spacial score (nSPS) is 16.7. The molecular weight excluding hydrogens is 282 g/mol. The second-order valence-electron chi connectivity index (χ2n) is 4.51. The fraction of sp³-hybridized carbons (Fsp3) is 0.417. The van der Waals surface area contributed by atoms with E-state index in [9.17, 15) is 0 Å². The van der Waals surface area contributed by atoms with Crippen LogP contribution in [0.2, 0.25) is 5.02 Å². The minimum Gasteiger partial charge on any atom is -0.368 e. The summed E-state index contributed by atoms with van der Waals surface area (Å²) in [6.07, 6.45) is 5.62. The Morgan fingerprint density at radius 3 is 2.84 bits per heavy atom. The molecule has 0 radical (unpaired) electrons. The number of aromatic nitrogens is 3. The summed E-state index contributed by atoms with van der Waals surface area (Å²) in [5.41, 5.74) is 6.28. The highest BCUT2D eigenvalue weighted by molar-refractivity contribution is 7.15. The van der Waals surface area contributed by atoms with Gasteiger partial charge in [0.05, 0.1) is 21.1 Å². The Bertz CT molecular complexity index is 579. The molecular formula is C12H14ClN5S. The molecule has 1 fully saturated rings. The molecule has 5 nitrogen and oxygen atoms in total. The Morgan fingerprint density at radius 2 is 2.05 bits per heavy atom. The van der Waals surface area contributed by atoms with E-state index >= 15 is 0 Å². The molecule has 0 atom stereocenters. The molecule has 19 heavy (non-hydrogen) atoms. The van der Waals surface area contributed by atoms with Crippen LogP contribution in [-0.4, -0.2) is 28.0 Å². The Kier molecular flexibility index (Phi) is 3.63. The third kappa shape index (κ3) is 2.70. The van der Waals surface area contributed by atoms with Gasteiger partial charge in [0.15, 0.2) is 0 Å². The number of nitrogens with one attached hydrogen (secondary N) is 1. The quantitative estimate of drug-likeness (QED) is 0.889. The van der Waals surface area contributed by atoms with Crippen LogP contribution in [-0.2, 0) is 0 Å². The number of piperidine rings is 1. The van der Waals surface area contributed by atoms with Crippen molar-refractivity contribution in [3.8, 4) is 10.6 Å². The lowest BCUT2D eigenvalue weighted by molar-refractivity contribution is 0.459. The molecule has 7 heteroatoms. The van der Waals surface area contributed by atoms with Crippen molar-refractivity contribution in [3.63, 3.8) is 0 Å². The number of thiazole rings is 1. The third-order valence-electron chi connectivity index (χ3n) is 3.21. The summed E-state index contributed by atoms with van der Waals surface area (Å²) in [5.74, 6) is 0.772. The lowest BCUT2D eigenvalue weighted by atomic mass is 9.99. The Balaban J connectivity index is 1.89. The highest BCUT2D eigenvalue weighted by atomic mass is 35.5. The molecule has 2 aromatic heterocycles. The monoisotopic (exact) mass is 295 g/mol. The zero-order chi connectivity index (χ0) is 13.2. The van der Waals surface area contributed by atoms with E-state index in [1.165, 1.54) is 6.20 Å². The van der Waals surface area contributed by atoms with E-state index in [1.807, 2.05) is 6.20 Å². The maximum Gasteiger partial charge on any atom is 0.220 e. The van der Waals surface area contributed by atoms with Crippen LogP contribution in [0.1, 0.15) is 23.8 Å². The molecule has 0 spiro atoms. The van der Waals surface area contributed by atoms with Crippen molar-refractivity contribution in [3.05, 3.63) is 22.4 Å². The molecule has 0 unspecified atom stereocenters. The summed E-state index contributed by atoms with van der Waals surface area (Å²) < 4.78 is 0. The SMILES string of the molecule is Nc1ncc(Cl)c(-c2cnc(C3CCNCC3)s2)n1. The van der Waals surface area contributed by atoms with Crippen LogP contribution in [0, 0.1) is 0 Å². The molecule has 1 saturated heterocycles. The second kappa shape index (κ2) is 5.40. The van der Waals surface area contributed by atoms with Gasteiger partial charge in [0.2, 0.25) is 5.95 Å². The number of rotatable bonds is 2. The van der Waals surface area contributed by atoms with Gasteiger partial charge in [0.25, 0.3) is 0 Å². The fourth-order valence-corrected chi connectivity index (χ4v) is 3.55. The molecule has 0 amide bonds. The van der Waals surface area contributed by atoms with E-state index in [4.69, 9.17) is 17.3 Å². The van der Waals surface area contributed by atoms with E-state index in [0.29, 0.717) is 16.6 Å². The largest absolute Gasteiger partial charge is 0.368 e. The van der Waals surface area contributed by atoms with Gasteiger partial charge < -0.3 is 11.1 Å². The highest BCUT2D eigenvalue weighted by Gasteiger charge is 2.20. The van der Waals surface area contributed by atoms with E-state index in [2.05, 4.69) is 20.3 Å². The minimum absolute atomic E-state index is 0.233. The fourth-order valence-electron chi connectivity index (χ4n) is 2.21. The first-order chi connectivity index (χ1) is 9.24. The molecule has 1 aliphatic heterocycles. The second-order valence-corrected chi connectivity index (χ2v) is 5.98. The van der Waals surface area contributed by atoms with Gasteiger partial charge in [0, 0.05) is 12.1 Å². The topological polar surface area (TPSA) is 76.7 Å². The highest BCUT2D eigenvalue weighted by Crippen LogP contribution is 2.35. The van der Waals surface area contributed by atoms with Crippen molar-refractivity contribution in [2.24, 2.45) is 0 Å². The van der Waals surface area contributed by atoms with E-state index in [0.717, 1.165) is 35.8 Å². The Labute approximate surface area is 120 Å². The van der Waals surface area contributed by atoms with E-state index in [-0.39, 0.29) is 5.95 Å². The van der Waals surface area contributed by atoms with Gasteiger partial charge >= 0.3 is 0 Å². The Morgan fingerprint density at radius 1 is 1.26 bits per heavy atom. The molecule has 100 valence electrons. The average molecular weight is 296 g/mol. The van der Waals surface area contributed by atoms with Crippen molar-refractivity contribution >= 4 is 28.9 Å². The van der Waals surface area contributed by atoms with Gasteiger partial charge in [-0.15, -0.1) is 11.3 Å². The molecule has 0 aromatic carbocycles. The van der Waals surface area contributed by atoms with Gasteiger partial charge in [0.1, 0.15) is 5.69 Å². The zero-order valence-electron chi connectivity index (χ0n) is 10.3. The third-order valence-corrected chi connectivity index (χ3v) is 4.65. The molecule has 1 aliphatic rings. The Hall–Kier alpha value is -1.24. The molecule has 0 aliphatic carbocycles. The number of hydrogen-bond donors (Lipinski definition) is 2. The van der Waals surface area contributed by atoms with Crippen LogP contribution in [0.5, 0.6) is 0 Å². The van der Waals surface area contributed by atoms with Crippen molar-refractivity contribution < 1.29 is 0 Å². The molecule has 3 heterocycles. The van der Waals surface area contributed by atoms with Crippen LogP contribution < -0.4 is 11.1 Å². The first kappa shape index (κ1) is 12.8. The van der Waals surface area contributed by atoms with E-state index < -0.39 is 0 Å². The number of nitrogens with two attached hydrogens (primary N) is 1. The maximum atomic E-state index is 6.11. The number of nitrogens with zero attached hydrogens (tertiary/aromatic N) is 3. The summed E-state index contributed by atoms with van der Waals surface area (Å²) in [5, 5.41) is 5.02. The number of nitrogen functional groups attached to an aromatic ring is 1. The zero-order valence-corrected chi connectivity index (χ0v) is 11.8. The predicted octanol–water partition coefficient (Wildman–Crippen LogP) is 2.30. The van der Waals surface area contributed by atoms with Gasteiger partial charge in [-0.05, 0) is 25.9 Å². The summed E-state index contributed by atoms with van der Waals surface area (Å²) in [6, 6.07) is 0. The lowest BCUT2D eigenvalue weighted by Gasteiger charge is -2.20. The van der Waals surface area contributed by atoms with Gasteiger partial charge in [-0.1, -0.05) is 11.6 Å². The molecule has 2 aromatic rings. The molecule has 3 N–H and O–H groups in total. The van der Waals surface area contributed by atoms with Crippen molar-refractivity contribution in [1.29, 1.82) is 0 Å². The smallest absolute Gasteiger partial charge is 0.220 e. The van der Waals surface area contributed by atoms with Crippen molar-refractivity contribution in [1.82, 2.24) is 20.3 Å². The minimum atomic E-state index is 0.233. The lowest BCUT2D eigenvalue weighted by Crippen LogP contribution is -2.26. The standard InChI is InChI=1S/C12H14ClN5S/c13-8-5-17-12(14)18-10(8)9-6-16-11(19-9)7-1-3-15-4-2-7/h5-7,15H,1-4H2,(H2,14,17,18). The van der Waals surface area contributed by atoms with Crippen LogP contribution >= 0.6 is 22.9 Å². The van der Waals surface area contributed by atoms with Crippen LogP contribution in [0.3, 0.4) is 0 Å². The molecule has 0 saturated carbocycles. The average Bonchev–Trinajstić information content (AvgIpc) is 2.92. The molecule has 3 rings (SSSR count). The summed E-state index contributed by atoms with van der Waals surface area (Å²) in [6.45, 7) is 2.11. The number of hydrogen-bond acceptors (Lipinski definition) is 6.